The van der Waals surface area contributed by atoms with Crippen molar-refractivity contribution in [2.75, 3.05) is 17.5 Å². The number of rotatable bonds is 4. The molecule has 6 atom stereocenters. The first kappa shape index (κ1) is 28.5. The standard InChI is InChI=1S/C29H24BrCl3N2O6/c1-13-6-7-14(10-19(13)31)35-24(37)16-9-8-15-18(21(16)25(35)38)11-28(32)26(39)34(12-30)27(40)29(28,33)22(15)17-4-3-5-20(41-2)23(17)36/h3-8,10,16,18,21-22,36H,9,11-12H2,1-2H3/t16-,18+,21-,22+,28+,29-/m0/s1. The monoisotopic (exact) mass is 680 g/mol. The molecule has 0 unspecified atom stereocenters. The minimum absolute atomic E-state index is 0.139. The molecule has 214 valence electrons. The first-order valence-electron chi connectivity index (χ1n) is 12.9. The average Bonchev–Trinajstić information content (AvgIpc) is 3.28. The number of phenols is 1. The van der Waals surface area contributed by atoms with Crippen LogP contribution in [0.5, 0.6) is 11.5 Å². The summed E-state index contributed by atoms with van der Waals surface area (Å²) in [4.78, 5) is 53.4. The number of imide groups is 2. The van der Waals surface area contributed by atoms with E-state index in [4.69, 9.17) is 39.5 Å². The molecule has 2 aromatic carbocycles. The van der Waals surface area contributed by atoms with E-state index in [2.05, 4.69) is 15.9 Å². The Hall–Kier alpha value is -2.59. The zero-order chi connectivity index (χ0) is 29.6. The van der Waals surface area contributed by atoms with Gasteiger partial charge in [0, 0.05) is 16.5 Å². The van der Waals surface area contributed by atoms with Crippen LogP contribution < -0.4 is 9.64 Å². The van der Waals surface area contributed by atoms with Gasteiger partial charge in [-0.1, -0.05) is 57.4 Å². The number of fused-ring (bicyclic) bond motifs is 4. The van der Waals surface area contributed by atoms with Crippen molar-refractivity contribution >= 4 is 80.0 Å². The molecule has 41 heavy (non-hydrogen) atoms. The lowest BCUT2D eigenvalue weighted by atomic mass is 9.56. The summed E-state index contributed by atoms with van der Waals surface area (Å²) < 4.78 is 5.32. The molecule has 0 bridgehead atoms. The Bertz CT molecular complexity index is 1580. The lowest BCUT2D eigenvalue weighted by molar-refractivity contribution is -0.138. The van der Waals surface area contributed by atoms with Crippen LogP contribution in [0.15, 0.2) is 48.0 Å². The van der Waals surface area contributed by atoms with Crippen molar-refractivity contribution in [3.05, 3.63) is 64.2 Å². The van der Waals surface area contributed by atoms with Crippen molar-refractivity contribution in [2.24, 2.45) is 17.8 Å². The molecule has 2 aliphatic heterocycles. The van der Waals surface area contributed by atoms with E-state index in [1.807, 2.05) is 6.92 Å². The van der Waals surface area contributed by atoms with Gasteiger partial charge >= 0.3 is 0 Å². The van der Waals surface area contributed by atoms with Gasteiger partial charge in [-0.15, -0.1) is 23.2 Å². The second-order valence-corrected chi connectivity index (χ2v) is 13.0. The van der Waals surface area contributed by atoms with E-state index in [-0.39, 0.29) is 41.3 Å². The van der Waals surface area contributed by atoms with Crippen LogP contribution in [0, 0.1) is 24.7 Å². The molecular weight excluding hydrogens is 659 g/mol. The number of hydrogen-bond donors (Lipinski definition) is 1. The fourth-order valence-corrected chi connectivity index (χ4v) is 8.60. The zero-order valence-electron chi connectivity index (χ0n) is 21.9. The van der Waals surface area contributed by atoms with Crippen LogP contribution in [0.25, 0.3) is 0 Å². The first-order valence-corrected chi connectivity index (χ1v) is 15.2. The van der Waals surface area contributed by atoms with Gasteiger partial charge in [0.15, 0.2) is 21.2 Å². The van der Waals surface area contributed by atoms with Crippen molar-refractivity contribution in [1.82, 2.24) is 4.90 Å². The summed E-state index contributed by atoms with van der Waals surface area (Å²) in [6.45, 7) is 1.82. The number of halogens is 4. The van der Waals surface area contributed by atoms with Crippen LogP contribution in [0.1, 0.15) is 29.9 Å². The molecule has 2 aromatic rings. The van der Waals surface area contributed by atoms with Crippen LogP contribution >= 0.6 is 50.7 Å². The number of allylic oxidation sites excluding steroid dienone is 2. The Labute approximate surface area is 259 Å². The number of phenolic OH excluding ortho intramolecular Hbond substituents is 1. The summed E-state index contributed by atoms with van der Waals surface area (Å²) in [5, 5.41) is 11.6. The Morgan fingerprint density at radius 2 is 1.80 bits per heavy atom. The van der Waals surface area contributed by atoms with Crippen LogP contribution in [-0.2, 0) is 19.2 Å². The number of alkyl halides is 3. The predicted octanol–water partition coefficient (Wildman–Crippen LogP) is 5.28. The molecule has 2 heterocycles. The van der Waals surface area contributed by atoms with Crippen molar-refractivity contribution in [3.8, 4) is 11.5 Å². The number of likely N-dealkylation sites (tertiary alicyclic amines) is 1. The van der Waals surface area contributed by atoms with Crippen LogP contribution in [-0.4, -0.2) is 55.9 Å². The Morgan fingerprint density at radius 1 is 1.07 bits per heavy atom. The molecule has 4 aliphatic rings. The topological polar surface area (TPSA) is 104 Å². The number of aryl methyl sites for hydroxylation is 1. The molecule has 0 spiro atoms. The van der Waals surface area contributed by atoms with Crippen molar-refractivity contribution in [3.63, 3.8) is 0 Å². The van der Waals surface area contributed by atoms with Crippen molar-refractivity contribution in [1.29, 1.82) is 0 Å². The number of benzene rings is 2. The maximum absolute atomic E-state index is 14.1. The highest BCUT2D eigenvalue weighted by molar-refractivity contribution is 9.09. The normalized spacial score (nSPS) is 32.6. The molecule has 2 aliphatic carbocycles. The van der Waals surface area contributed by atoms with E-state index in [0.29, 0.717) is 16.3 Å². The maximum Gasteiger partial charge on any atom is 0.254 e. The van der Waals surface area contributed by atoms with E-state index in [0.717, 1.165) is 15.4 Å². The lowest BCUT2D eigenvalue weighted by Gasteiger charge is -2.50. The van der Waals surface area contributed by atoms with E-state index in [1.165, 1.54) is 7.11 Å². The second-order valence-electron chi connectivity index (χ2n) is 10.8. The van der Waals surface area contributed by atoms with Crippen LogP contribution in [0.2, 0.25) is 5.02 Å². The summed E-state index contributed by atoms with van der Waals surface area (Å²) >= 11 is 23.9. The average molecular weight is 683 g/mol. The number of hydrogen-bond acceptors (Lipinski definition) is 6. The fourth-order valence-electron chi connectivity index (χ4n) is 7.01. The minimum Gasteiger partial charge on any atom is -0.504 e. The SMILES string of the molecule is COc1cccc([C@H]2C3=CC[C@@H]4C(=O)N(c5ccc(C)c(Cl)c5)C(=O)[C@@H]4[C@@H]3C[C@@]3(Cl)C(=O)N(CBr)C(=O)[C@@]23Cl)c1O. The minimum atomic E-state index is -2.02. The summed E-state index contributed by atoms with van der Waals surface area (Å²) in [5.41, 5.74) is 1.82. The van der Waals surface area contributed by atoms with Gasteiger partial charge < -0.3 is 9.84 Å². The number of para-hydroxylation sites is 1. The first-order chi connectivity index (χ1) is 19.4. The predicted molar refractivity (Wildman–Crippen MR) is 157 cm³/mol. The Kier molecular flexibility index (Phi) is 6.77. The second kappa shape index (κ2) is 9.73. The molecule has 1 saturated carbocycles. The number of carbonyl (C=O) groups excluding carboxylic acids is 4. The van der Waals surface area contributed by atoms with Gasteiger partial charge in [-0.3, -0.25) is 24.1 Å². The number of ether oxygens (including phenoxy) is 1. The lowest BCUT2D eigenvalue weighted by Crippen LogP contribution is -2.60. The highest BCUT2D eigenvalue weighted by Gasteiger charge is 2.76. The highest BCUT2D eigenvalue weighted by atomic mass is 79.9. The maximum atomic E-state index is 14.1. The summed E-state index contributed by atoms with van der Waals surface area (Å²) in [6, 6.07) is 9.76. The molecule has 6 rings (SSSR count). The van der Waals surface area contributed by atoms with Gasteiger partial charge in [0.1, 0.15) is 0 Å². The van der Waals surface area contributed by atoms with Gasteiger partial charge in [-0.25, -0.2) is 4.90 Å². The largest absolute Gasteiger partial charge is 0.504 e. The summed E-state index contributed by atoms with van der Waals surface area (Å²) in [7, 11) is 1.39. The van der Waals surface area contributed by atoms with E-state index in [9.17, 15) is 24.3 Å². The number of anilines is 1. The molecule has 2 saturated heterocycles. The molecule has 8 nitrogen and oxygen atoms in total. The third-order valence-corrected chi connectivity index (χ3v) is 11.3. The van der Waals surface area contributed by atoms with Crippen LogP contribution in [0.4, 0.5) is 5.69 Å². The quantitative estimate of drug-likeness (QED) is 0.204. The number of nitrogens with zero attached hydrogens (tertiary/aromatic N) is 2. The van der Waals surface area contributed by atoms with Gasteiger partial charge in [0.2, 0.25) is 11.8 Å². The summed E-state index contributed by atoms with van der Waals surface area (Å²) in [5.74, 6) is -5.75. The zero-order valence-corrected chi connectivity index (χ0v) is 25.7. The molecule has 4 amide bonds. The van der Waals surface area contributed by atoms with Gasteiger partial charge in [0.25, 0.3) is 11.8 Å². The molecule has 1 N–H and O–H groups in total. The number of amides is 4. The Morgan fingerprint density at radius 3 is 2.46 bits per heavy atom. The van der Waals surface area contributed by atoms with E-state index < -0.39 is 51.1 Å². The van der Waals surface area contributed by atoms with Crippen LogP contribution in [0.3, 0.4) is 0 Å². The smallest absolute Gasteiger partial charge is 0.254 e. The molecule has 12 heteroatoms. The van der Waals surface area contributed by atoms with Gasteiger partial charge in [-0.2, -0.15) is 0 Å². The highest BCUT2D eigenvalue weighted by Crippen LogP contribution is 2.66. The van der Waals surface area contributed by atoms with Crippen molar-refractivity contribution < 1.29 is 29.0 Å². The molecule has 0 aromatic heterocycles. The number of carbonyl (C=O) groups is 4. The Balaban J connectivity index is 1.53. The van der Waals surface area contributed by atoms with Crippen molar-refractivity contribution in [2.45, 2.75) is 35.4 Å². The molecule has 3 fully saturated rings. The van der Waals surface area contributed by atoms with Gasteiger partial charge in [-0.05, 0) is 49.4 Å². The third-order valence-electron chi connectivity index (χ3n) is 8.99. The number of aromatic hydroxyl groups is 1. The van der Waals surface area contributed by atoms with Gasteiger partial charge in [0.05, 0.1) is 30.1 Å². The summed E-state index contributed by atoms with van der Waals surface area (Å²) in [6.07, 6.45) is 1.86. The molecule has 0 radical (unpaired) electrons. The number of methoxy groups -OCH3 is 1. The van der Waals surface area contributed by atoms with E-state index in [1.54, 1.807) is 42.5 Å². The molecular formula is C29H24BrCl3N2O6. The van der Waals surface area contributed by atoms with E-state index >= 15 is 0 Å². The third kappa shape index (κ3) is 3.65. The fraction of sp³-hybridized carbons (Fsp3) is 0.379.